The van der Waals surface area contributed by atoms with Crippen molar-refractivity contribution < 1.29 is 82.0 Å². The van der Waals surface area contributed by atoms with E-state index in [1.165, 1.54) is 0 Å². The Hall–Kier alpha value is 0.189. The van der Waals surface area contributed by atoms with Gasteiger partial charge in [0.15, 0.2) is 0 Å². The first-order valence-electron chi connectivity index (χ1n) is 3.64. The molecule has 16 nitrogen and oxygen atoms in total. The molecule has 0 aromatic carbocycles. The summed E-state index contributed by atoms with van der Waals surface area (Å²) in [6, 6.07) is 0. The molecule has 0 bridgehead atoms. The molecule has 0 atom stereocenters. The van der Waals surface area contributed by atoms with E-state index in [1.54, 1.807) is 0 Å². The Morgan fingerprint density at radius 3 is 0.920 bits per heavy atom. The fourth-order valence-electron chi connectivity index (χ4n) is 0.292. The molecular weight excluding hydrogens is 420 g/mol. The maximum Gasteiger partial charge on any atom is 2.00 e. The molecule has 0 aliphatic carbocycles. The summed E-state index contributed by atoms with van der Waals surface area (Å²) >= 11 is 0. The van der Waals surface area contributed by atoms with Crippen LogP contribution < -0.4 is 0 Å². The third kappa shape index (κ3) is 178. The first kappa shape index (κ1) is 84.7. The van der Waals surface area contributed by atoms with Gasteiger partial charge in [-0.3, -0.25) is 0 Å². The van der Waals surface area contributed by atoms with Crippen LogP contribution in [-0.2, 0) is 28.7 Å². The van der Waals surface area contributed by atoms with Crippen molar-refractivity contribution in [1.82, 2.24) is 0 Å². The van der Waals surface area contributed by atoms with E-state index in [-0.39, 0.29) is 139 Å². The Kier molecular flexibility index (Phi) is 352. The minimum absolute atomic E-state index is 0. The van der Waals surface area contributed by atoms with Gasteiger partial charge in [-0.15, -0.1) is 0 Å². The maximum absolute atomic E-state index is 9.80. The van der Waals surface area contributed by atoms with Gasteiger partial charge in [-0.2, -0.15) is 19.2 Å². The third-order valence-electron chi connectivity index (χ3n) is 0.623. The number of aliphatic hydroxyl groups is 2. The van der Waals surface area contributed by atoms with E-state index in [4.69, 9.17) is 29.4 Å². The van der Waals surface area contributed by atoms with Gasteiger partial charge < -0.3 is 58.0 Å². The van der Waals surface area contributed by atoms with Gasteiger partial charge in [0, 0.05) is 0 Å². The maximum atomic E-state index is 9.80. The third-order valence-corrected chi connectivity index (χ3v) is 0.623. The topological polar surface area (TPSA) is 359 Å². The zero-order valence-corrected chi connectivity index (χ0v) is 17.2. The van der Waals surface area contributed by atoms with E-state index in [2.05, 4.69) is 9.47 Å². The molecule has 1 rings (SSSR count). The van der Waals surface area contributed by atoms with Crippen LogP contribution in [0.15, 0.2) is 0 Å². The van der Waals surface area contributed by atoms with Crippen molar-refractivity contribution in [3.05, 3.63) is 0 Å². The normalized spacial score (nSPS) is 6.56. The standard InChI is InChI=1S/C3H4O3.C2H6O2.2CO2.2Ca.7H2O/c4-3-5-1-2-6-3;3-1-2-4;2*2-1-3;;;;;;;;;/h1-2H2;3-4H,1-2H2;;;;;7*1H2/q;;;;2*+2;;;;;;;/p-4. The van der Waals surface area contributed by atoms with Crippen molar-refractivity contribution in [3.8, 4) is 0 Å². The van der Waals surface area contributed by atoms with Crippen LogP contribution in [0.2, 0.25) is 0 Å². The van der Waals surface area contributed by atoms with Crippen LogP contribution in [0, 0.1) is 0 Å². The summed E-state index contributed by atoms with van der Waals surface area (Å²) in [4.78, 5) is 42.3. The van der Waals surface area contributed by atoms with Crippen LogP contribution in [-0.4, -0.2) is 169 Å². The summed E-state index contributed by atoms with van der Waals surface area (Å²) in [5.74, 6) is 0. The predicted molar refractivity (Wildman–Crippen MR) is 71.6 cm³/mol. The Morgan fingerprint density at radius 1 is 0.720 bits per heavy atom. The number of aliphatic hydroxyl groups excluding tert-OH is 2. The molecule has 1 saturated heterocycles. The molecule has 0 spiro atoms. The van der Waals surface area contributed by atoms with E-state index in [1.807, 2.05) is 0 Å². The molecule has 1 aliphatic rings. The molecule has 0 saturated carbocycles. The number of cyclic esters (lactones) is 2. The van der Waals surface area contributed by atoms with Crippen molar-refractivity contribution in [2.24, 2.45) is 0 Å². The Balaban J connectivity index is -0.00000000833. The molecule has 18 heteroatoms. The second kappa shape index (κ2) is 104. The van der Waals surface area contributed by atoms with Gasteiger partial charge in [-0.1, -0.05) is 0 Å². The van der Waals surface area contributed by atoms with Gasteiger partial charge in [0.25, 0.3) is 0 Å². The molecular formula is C7H20Ca2O16. The van der Waals surface area contributed by atoms with Crippen molar-refractivity contribution >= 4 is 93.9 Å². The average Bonchev–Trinajstić information content (AvgIpc) is 2.72. The Morgan fingerprint density at radius 2 is 0.880 bits per heavy atom. The first-order chi connectivity index (χ1) is 7.64. The fraction of sp³-hybridized carbons (Fsp3) is 0.571. The summed E-state index contributed by atoms with van der Waals surface area (Å²) in [6.07, 6.45) is -0.0463. The van der Waals surface area contributed by atoms with Crippen molar-refractivity contribution in [1.29, 1.82) is 0 Å². The van der Waals surface area contributed by atoms with Crippen LogP contribution in [0.1, 0.15) is 0 Å². The molecule has 1 aliphatic heterocycles. The molecule has 148 valence electrons. The van der Waals surface area contributed by atoms with Crippen LogP contribution in [0.4, 0.5) is 4.79 Å². The van der Waals surface area contributed by atoms with E-state index >= 15 is 0 Å². The largest absolute Gasteiger partial charge is 2.00 e. The van der Waals surface area contributed by atoms with Crippen LogP contribution in [0.25, 0.3) is 0 Å². The smallest absolute Gasteiger partial charge is 0.870 e. The predicted octanol–water partition coefficient (Wildman–Crippen LogP) is -5.99. The zero-order chi connectivity index (χ0) is 13.2. The van der Waals surface area contributed by atoms with Crippen LogP contribution >= 0.6 is 0 Å². The van der Waals surface area contributed by atoms with Gasteiger partial charge >= 0.3 is 93.9 Å². The van der Waals surface area contributed by atoms with Gasteiger partial charge in [0.2, 0.25) is 0 Å². The number of rotatable bonds is 1. The second-order valence-electron chi connectivity index (χ2n) is 1.56. The molecule has 0 amide bonds. The summed E-state index contributed by atoms with van der Waals surface area (Å²) in [5.41, 5.74) is 0. The average molecular weight is 440 g/mol. The molecule has 1 heterocycles. The molecule has 0 radical (unpaired) electrons. The summed E-state index contributed by atoms with van der Waals surface area (Å²) < 4.78 is 8.58. The quantitative estimate of drug-likeness (QED) is 0.283. The fourth-order valence-corrected chi connectivity index (χ4v) is 0.292. The molecule has 0 aromatic heterocycles. The van der Waals surface area contributed by atoms with E-state index in [0.717, 1.165) is 0 Å². The zero-order valence-electron chi connectivity index (χ0n) is 12.8. The molecule has 0 aromatic rings. The Bertz CT molecular complexity index is 205. The van der Waals surface area contributed by atoms with Crippen molar-refractivity contribution in [2.75, 3.05) is 26.4 Å². The van der Waals surface area contributed by atoms with Crippen LogP contribution in [0.5, 0.6) is 0 Å². The number of hydrogen-bond donors (Lipinski definition) is 2. The minimum atomic E-state index is -0.546. The summed E-state index contributed by atoms with van der Waals surface area (Å²) in [7, 11) is 0. The van der Waals surface area contributed by atoms with Gasteiger partial charge in [-0.25, -0.2) is 4.79 Å². The van der Waals surface area contributed by atoms with Crippen molar-refractivity contribution in [2.45, 2.75) is 0 Å². The Labute approximate surface area is 200 Å². The number of carbonyl (C=O) groups excluding carboxylic acids is 5. The van der Waals surface area contributed by atoms with Gasteiger partial charge in [0.05, 0.1) is 13.2 Å². The van der Waals surface area contributed by atoms with E-state index in [9.17, 15) is 4.79 Å². The van der Waals surface area contributed by atoms with Crippen LogP contribution in [0.3, 0.4) is 0 Å². The van der Waals surface area contributed by atoms with E-state index in [0.29, 0.717) is 13.2 Å². The molecule has 25 heavy (non-hydrogen) atoms. The molecule has 1 fully saturated rings. The summed E-state index contributed by atoms with van der Waals surface area (Å²) in [5, 5.41) is 15.2. The SMILES string of the molecule is O.O.O.O=C1OCCO1.O=C=O.O=C=O.OCCO.[Ca+2].[Ca+2].[OH-].[OH-].[OH-].[OH-]. The summed E-state index contributed by atoms with van der Waals surface area (Å²) in [6.45, 7) is 0.581. The monoisotopic (exact) mass is 440 g/mol. The molecule has 0 unspecified atom stereocenters. The second-order valence-corrected chi connectivity index (χ2v) is 1.56. The van der Waals surface area contributed by atoms with E-state index < -0.39 is 6.16 Å². The van der Waals surface area contributed by atoms with Gasteiger partial charge in [-0.05, 0) is 0 Å². The van der Waals surface area contributed by atoms with Gasteiger partial charge in [0.1, 0.15) is 13.2 Å². The number of hydrogen-bond acceptors (Lipinski definition) is 13. The molecule has 12 N–H and O–H groups in total. The number of ether oxygens (including phenoxy) is 2. The minimum Gasteiger partial charge on any atom is -0.870 e. The number of carbonyl (C=O) groups is 1. The first-order valence-corrected chi connectivity index (χ1v) is 3.64. The van der Waals surface area contributed by atoms with Crippen molar-refractivity contribution in [3.63, 3.8) is 0 Å².